The quantitative estimate of drug-likeness (QED) is 0.253. The molecule has 2 N–H and O–H groups in total. The number of likely N-dealkylation sites (tertiary alicyclic amines) is 1. The van der Waals surface area contributed by atoms with Crippen LogP contribution in [0.3, 0.4) is 0 Å². The molecule has 2 fully saturated rings. The Hall–Kier alpha value is -4.27. The Morgan fingerprint density at radius 1 is 0.939 bits per heavy atom. The van der Waals surface area contributed by atoms with Crippen LogP contribution in [0.25, 0.3) is 0 Å². The number of halogens is 2. The van der Waals surface area contributed by atoms with Crippen LogP contribution in [0.5, 0.6) is 11.5 Å². The number of rotatable bonds is 12. The van der Waals surface area contributed by atoms with E-state index in [0.717, 1.165) is 43.9 Å². The number of nitrogens with one attached hydrogen (secondary N) is 2. The van der Waals surface area contributed by atoms with Gasteiger partial charge in [0.1, 0.15) is 23.1 Å². The summed E-state index contributed by atoms with van der Waals surface area (Å²) in [7, 11) is -3.35. The van der Waals surface area contributed by atoms with Crippen molar-refractivity contribution in [2.24, 2.45) is 0 Å². The molecule has 0 atom stereocenters. The van der Waals surface area contributed by atoms with Crippen LogP contribution < -0.4 is 19.7 Å². The lowest BCUT2D eigenvalue weighted by Crippen LogP contribution is -2.49. The number of hydrogen-bond donors (Lipinski definition) is 2. The number of morpholine rings is 1. The van der Waals surface area contributed by atoms with E-state index in [9.17, 15) is 22.4 Å². The van der Waals surface area contributed by atoms with Crippen LogP contribution in [0.1, 0.15) is 48.5 Å². The molecular formula is C35H43F2N5O6S. The van der Waals surface area contributed by atoms with Gasteiger partial charge in [-0.25, -0.2) is 22.0 Å². The highest BCUT2D eigenvalue weighted by Crippen LogP contribution is 2.27. The highest BCUT2D eigenvalue weighted by atomic mass is 32.2. The van der Waals surface area contributed by atoms with Crippen molar-refractivity contribution in [3.8, 4) is 11.5 Å². The summed E-state index contributed by atoms with van der Waals surface area (Å²) < 4.78 is 66.4. The van der Waals surface area contributed by atoms with Gasteiger partial charge in [0.25, 0.3) is 5.91 Å². The first-order chi connectivity index (χ1) is 23.5. The third-order valence-corrected chi connectivity index (χ3v) is 9.08. The normalized spacial score (nSPS) is 15.9. The Morgan fingerprint density at radius 2 is 1.57 bits per heavy atom. The first-order valence-electron chi connectivity index (χ1n) is 16.5. The molecule has 14 heteroatoms. The molecule has 11 nitrogen and oxygen atoms in total. The molecule has 2 saturated heterocycles. The van der Waals surface area contributed by atoms with Crippen molar-refractivity contribution >= 4 is 33.3 Å². The summed E-state index contributed by atoms with van der Waals surface area (Å²) in [5.41, 5.74) is 1.17. The molecule has 2 aliphatic heterocycles. The summed E-state index contributed by atoms with van der Waals surface area (Å²) in [4.78, 5) is 31.7. The molecule has 0 bridgehead atoms. The number of carbonyl (C=O) groups excluding carboxylic acids is 2. The minimum atomic E-state index is -3.35. The summed E-state index contributed by atoms with van der Waals surface area (Å²) in [6.07, 6.45) is 3.86. The molecule has 5 rings (SSSR count). The predicted molar refractivity (Wildman–Crippen MR) is 184 cm³/mol. The van der Waals surface area contributed by atoms with Gasteiger partial charge in [0.05, 0.1) is 30.7 Å². The molecule has 0 radical (unpaired) electrons. The van der Waals surface area contributed by atoms with Gasteiger partial charge < -0.3 is 19.7 Å². The van der Waals surface area contributed by atoms with E-state index in [-0.39, 0.29) is 23.8 Å². The number of hydrogen-bond acceptors (Lipinski definition) is 7. The fourth-order valence-electron chi connectivity index (χ4n) is 5.84. The third-order valence-electron chi connectivity index (χ3n) is 8.47. The molecular weight excluding hydrogens is 656 g/mol. The highest BCUT2D eigenvalue weighted by Gasteiger charge is 2.28. The van der Waals surface area contributed by atoms with Gasteiger partial charge in [-0.3, -0.25) is 19.3 Å². The smallest absolute Gasteiger partial charge is 0.322 e. The number of amides is 3. The molecule has 0 aromatic heterocycles. The maximum atomic E-state index is 15.2. The number of unbranched alkanes of at least 4 members (excludes halogenated alkanes) is 1. The molecule has 2 heterocycles. The molecule has 3 aromatic carbocycles. The molecule has 3 aromatic rings. The number of ether oxygens (including phenoxy) is 2. The Balaban J connectivity index is 1.14. The maximum absolute atomic E-state index is 15.2. The molecule has 2 aliphatic rings. The summed E-state index contributed by atoms with van der Waals surface area (Å²) in [5, 5.41) is 3.05. The zero-order chi connectivity index (χ0) is 35.0. The van der Waals surface area contributed by atoms with E-state index in [4.69, 9.17) is 9.47 Å². The van der Waals surface area contributed by atoms with E-state index < -0.39 is 33.6 Å². The van der Waals surface area contributed by atoms with Gasteiger partial charge in [-0.05, 0) is 67.3 Å². The second-order valence-electron chi connectivity index (χ2n) is 12.3. The van der Waals surface area contributed by atoms with Crippen LogP contribution in [0.4, 0.5) is 25.0 Å². The number of carbonyl (C=O) groups is 2. The van der Waals surface area contributed by atoms with Crippen molar-refractivity contribution in [2.45, 2.75) is 45.2 Å². The van der Waals surface area contributed by atoms with Gasteiger partial charge in [-0.2, -0.15) is 0 Å². The lowest BCUT2D eigenvalue weighted by molar-refractivity contribution is 0.0300. The number of piperidine rings is 1. The van der Waals surface area contributed by atoms with Gasteiger partial charge in [0, 0.05) is 57.1 Å². The van der Waals surface area contributed by atoms with E-state index >= 15 is 4.39 Å². The van der Waals surface area contributed by atoms with Crippen LogP contribution in [0.15, 0.2) is 60.7 Å². The zero-order valence-electron chi connectivity index (χ0n) is 27.8. The summed E-state index contributed by atoms with van der Waals surface area (Å²) in [6, 6.07) is 15.6. The first kappa shape index (κ1) is 36.0. The Morgan fingerprint density at radius 3 is 2.18 bits per heavy atom. The summed E-state index contributed by atoms with van der Waals surface area (Å²) in [5.74, 6) is -1.18. The van der Waals surface area contributed by atoms with Crippen LogP contribution in [0.2, 0.25) is 0 Å². The Kier molecular flexibility index (Phi) is 12.1. The van der Waals surface area contributed by atoms with E-state index in [1.165, 1.54) is 9.80 Å². The number of benzene rings is 3. The standard InChI is InChI=1S/C35H43F2N5O6S/c1-3-4-15-42(33-22-30(31(36)23-32(33)37)34(43)41-18-20-47-21-19-41)35(44)38-26-13-16-40(17-14-26)24-25-5-9-28(10-6-25)48-29-11-7-27(8-12-29)39-49(2,45)46/h5-12,22-23,26,39H,3-4,13-21,24H2,1-2H3,(H,38,44). The number of sulfonamides is 1. The van der Waals surface area contributed by atoms with Gasteiger partial charge in [0.2, 0.25) is 10.0 Å². The Labute approximate surface area is 286 Å². The fourth-order valence-corrected chi connectivity index (χ4v) is 6.41. The van der Waals surface area contributed by atoms with Crippen molar-refractivity contribution in [2.75, 3.05) is 61.8 Å². The minimum Gasteiger partial charge on any atom is -0.457 e. The molecule has 0 spiro atoms. The number of urea groups is 1. The molecule has 3 amide bonds. The molecule has 0 aliphatic carbocycles. The topological polar surface area (TPSA) is 121 Å². The van der Waals surface area contributed by atoms with Crippen LogP contribution in [-0.2, 0) is 21.3 Å². The molecule has 49 heavy (non-hydrogen) atoms. The van der Waals surface area contributed by atoms with Crippen molar-refractivity contribution in [1.82, 2.24) is 15.1 Å². The van der Waals surface area contributed by atoms with Crippen molar-refractivity contribution < 1.29 is 36.3 Å². The zero-order valence-corrected chi connectivity index (χ0v) is 28.6. The lowest BCUT2D eigenvalue weighted by atomic mass is 10.0. The average molecular weight is 700 g/mol. The third kappa shape index (κ3) is 10.1. The van der Waals surface area contributed by atoms with Crippen molar-refractivity contribution in [3.63, 3.8) is 0 Å². The lowest BCUT2D eigenvalue weighted by Gasteiger charge is -2.34. The Bertz CT molecular complexity index is 1690. The van der Waals surface area contributed by atoms with Gasteiger partial charge >= 0.3 is 6.03 Å². The van der Waals surface area contributed by atoms with Crippen molar-refractivity contribution in [1.29, 1.82) is 0 Å². The van der Waals surface area contributed by atoms with Crippen LogP contribution in [-0.4, -0.2) is 88.4 Å². The van der Waals surface area contributed by atoms with Crippen LogP contribution >= 0.6 is 0 Å². The largest absolute Gasteiger partial charge is 0.457 e. The maximum Gasteiger partial charge on any atom is 0.322 e. The first-order valence-corrected chi connectivity index (χ1v) is 18.4. The molecule has 0 unspecified atom stereocenters. The van der Waals surface area contributed by atoms with Gasteiger partial charge in [0.15, 0.2) is 0 Å². The fraction of sp³-hybridized carbons (Fsp3) is 0.429. The minimum absolute atomic E-state index is 0.116. The summed E-state index contributed by atoms with van der Waals surface area (Å²) >= 11 is 0. The second-order valence-corrected chi connectivity index (χ2v) is 14.1. The molecule has 0 saturated carbocycles. The van der Waals surface area contributed by atoms with E-state index in [0.29, 0.717) is 68.8 Å². The van der Waals surface area contributed by atoms with Gasteiger partial charge in [-0.1, -0.05) is 25.5 Å². The van der Waals surface area contributed by atoms with Crippen molar-refractivity contribution in [3.05, 3.63) is 83.4 Å². The van der Waals surface area contributed by atoms with E-state index in [2.05, 4.69) is 14.9 Å². The van der Waals surface area contributed by atoms with E-state index in [1.54, 1.807) is 24.3 Å². The molecule has 264 valence electrons. The second kappa shape index (κ2) is 16.4. The number of nitrogens with zero attached hydrogens (tertiary/aromatic N) is 3. The highest BCUT2D eigenvalue weighted by molar-refractivity contribution is 7.92. The average Bonchev–Trinajstić information content (AvgIpc) is 3.08. The summed E-state index contributed by atoms with van der Waals surface area (Å²) in [6.45, 7) is 5.71. The monoisotopic (exact) mass is 699 g/mol. The predicted octanol–water partition coefficient (Wildman–Crippen LogP) is 5.58. The van der Waals surface area contributed by atoms with Crippen LogP contribution in [0, 0.1) is 11.6 Å². The SMILES string of the molecule is CCCCN(C(=O)NC1CCN(Cc2ccc(Oc3ccc(NS(C)(=O)=O)cc3)cc2)CC1)c1cc(C(=O)N2CCOCC2)c(F)cc1F. The number of anilines is 2. The van der Waals surface area contributed by atoms with Gasteiger partial charge in [-0.15, -0.1) is 0 Å². The van der Waals surface area contributed by atoms with E-state index in [1.807, 2.05) is 31.2 Å².